The van der Waals surface area contributed by atoms with Crippen LogP contribution in [-0.4, -0.2) is 37.3 Å². The highest BCUT2D eigenvalue weighted by molar-refractivity contribution is 8.26. The van der Waals surface area contributed by atoms with E-state index in [2.05, 4.69) is 11.4 Å². The zero-order chi connectivity index (χ0) is 27.7. The summed E-state index contributed by atoms with van der Waals surface area (Å²) in [6.45, 7) is 5.09. The summed E-state index contributed by atoms with van der Waals surface area (Å²) < 4.78 is 2.04. The molecule has 1 amide bonds. The second-order valence-electron chi connectivity index (χ2n) is 9.06. The fraction of sp³-hybridized carbons (Fsp3) is 0.393. The Labute approximate surface area is 232 Å². The van der Waals surface area contributed by atoms with Gasteiger partial charge in [-0.15, -0.1) is 0 Å². The molecule has 10 heteroatoms. The van der Waals surface area contributed by atoms with Crippen molar-refractivity contribution in [3.63, 3.8) is 0 Å². The number of carboxylic acid groups (broad SMARTS) is 1. The summed E-state index contributed by atoms with van der Waals surface area (Å²) in [5, 5.41) is 22.0. The Morgan fingerprint density at radius 1 is 1.16 bits per heavy atom. The molecular weight excluding hydrogens is 520 g/mol. The molecule has 0 unspecified atom stereocenters. The molecule has 0 atom stereocenters. The monoisotopic (exact) mass is 552 g/mol. The van der Waals surface area contributed by atoms with E-state index in [1.165, 1.54) is 16.7 Å². The Bertz CT molecular complexity index is 1330. The Balaban J connectivity index is 1.97. The van der Waals surface area contributed by atoms with Gasteiger partial charge in [0.2, 0.25) is 0 Å². The molecule has 1 fully saturated rings. The first-order valence-electron chi connectivity index (χ1n) is 12.7. The number of nitrogens with one attached hydrogen (secondary N) is 1. The second kappa shape index (κ2) is 13.9. The zero-order valence-electron chi connectivity index (χ0n) is 21.7. The highest BCUT2D eigenvalue weighted by Crippen LogP contribution is 2.35. The summed E-state index contributed by atoms with van der Waals surface area (Å²) >= 11 is 6.67. The number of anilines is 1. The van der Waals surface area contributed by atoms with Gasteiger partial charge in [0, 0.05) is 31.6 Å². The van der Waals surface area contributed by atoms with Crippen LogP contribution < -0.4 is 10.9 Å². The summed E-state index contributed by atoms with van der Waals surface area (Å²) in [6, 6.07) is 11.9. The number of pyridine rings is 1. The number of rotatable bonds is 13. The molecule has 1 aliphatic heterocycles. The van der Waals surface area contributed by atoms with Crippen LogP contribution in [0.15, 0.2) is 40.0 Å². The van der Waals surface area contributed by atoms with Gasteiger partial charge >= 0.3 is 5.97 Å². The average molecular weight is 553 g/mol. The van der Waals surface area contributed by atoms with Crippen LogP contribution in [0, 0.1) is 18.3 Å². The number of aliphatic carboxylic acids is 1. The van der Waals surface area contributed by atoms with E-state index < -0.39 is 5.97 Å². The summed E-state index contributed by atoms with van der Waals surface area (Å²) in [5.74, 6) is -0.484. The standard InChI is InChI=1S/C28H32N4O4S2/c1-3-4-14-31-25(30-18-20-11-7-5-8-12-20)21(19(2)22(17-29)26(31)35)16-23-27(36)32(28(37)38-23)15-10-6-9-13-24(33)34/h5,7-8,11-12,16,30H,3-4,6,9-10,13-15,18H2,1-2H3,(H,33,34)/b23-16+. The van der Waals surface area contributed by atoms with Crippen LogP contribution in [0.25, 0.3) is 6.08 Å². The molecule has 0 radical (unpaired) electrons. The first-order valence-corrected chi connectivity index (χ1v) is 13.9. The SMILES string of the molecule is CCCCn1c(NCc2ccccc2)c(/C=C2/SC(=S)N(CCCCCC(=O)O)C2=O)c(C)c(C#N)c1=O. The number of nitriles is 1. The van der Waals surface area contributed by atoms with E-state index in [9.17, 15) is 19.6 Å². The minimum atomic E-state index is -0.831. The quantitative estimate of drug-likeness (QED) is 0.196. The van der Waals surface area contributed by atoms with Gasteiger partial charge < -0.3 is 10.4 Å². The molecule has 2 N–H and O–H groups in total. The number of thiocarbonyl (C=S) groups is 1. The van der Waals surface area contributed by atoms with E-state index in [4.69, 9.17) is 17.3 Å². The van der Waals surface area contributed by atoms with Crippen molar-refractivity contribution in [3.05, 3.63) is 67.8 Å². The fourth-order valence-corrected chi connectivity index (χ4v) is 5.50. The Kier molecular flexibility index (Phi) is 10.7. The minimum absolute atomic E-state index is 0.0616. The van der Waals surface area contributed by atoms with E-state index in [0.29, 0.717) is 65.1 Å². The molecular formula is C28H32N4O4S2. The lowest BCUT2D eigenvalue weighted by atomic mass is 10.0. The van der Waals surface area contributed by atoms with Crippen LogP contribution in [0.3, 0.4) is 0 Å². The van der Waals surface area contributed by atoms with Gasteiger partial charge in [0.1, 0.15) is 21.8 Å². The number of amides is 1. The van der Waals surface area contributed by atoms with Crippen LogP contribution in [0.2, 0.25) is 0 Å². The van der Waals surface area contributed by atoms with Gasteiger partial charge in [-0.2, -0.15) is 5.26 Å². The van der Waals surface area contributed by atoms with Crippen molar-refractivity contribution >= 4 is 52.1 Å². The minimum Gasteiger partial charge on any atom is -0.481 e. The zero-order valence-corrected chi connectivity index (χ0v) is 23.3. The lowest BCUT2D eigenvalue weighted by molar-refractivity contribution is -0.137. The van der Waals surface area contributed by atoms with Crippen LogP contribution in [0.4, 0.5) is 5.82 Å². The van der Waals surface area contributed by atoms with E-state index in [-0.39, 0.29) is 23.5 Å². The molecule has 0 saturated carbocycles. The van der Waals surface area contributed by atoms with Gasteiger partial charge in [0.15, 0.2) is 0 Å². The third kappa shape index (κ3) is 7.11. The van der Waals surface area contributed by atoms with Crippen LogP contribution in [-0.2, 0) is 22.7 Å². The number of carbonyl (C=O) groups excluding carboxylic acids is 1. The van der Waals surface area contributed by atoms with Gasteiger partial charge in [-0.1, -0.05) is 74.1 Å². The lowest BCUT2D eigenvalue weighted by Crippen LogP contribution is -2.29. The first kappa shape index (κ1) is 29.1. The van der Waals surface area contributed by atoms with E-state index in [0.717, 1.165) is 18.4 Å². The Morgan fingerprint density at radius 3 is 2.55 bits per heavy atom. The highest BCUT2D eigenvalue weighted by atomic mass is 32.2. The summed E-state index contributed by atoms with van der Waals surface area (Å²) in [4.78, 5) is 39.2. The van der Waals surface area contributed by atoms with Gasteiger partial charge in [-0.05, 0) is 43.4 Å². The molecule has 1 aliphatic rings. The maximum atomic E-state index is 13.3. The molecule has 1 aromatic carbocycles. The van der Waals surface area contributed by atoms with Crippen molar-refractivity contribution in [1.82, 2.24) is 9.47 Å². The third-order valence-corrected chi connectivity index (χ3v) is 7.71. The van der Waals surface area contributed by atoms with Crippen molar-refractivity contribution in [3.8, 4) is 6.07 Å². The number of hydrogen-bond acceptors (Lipinski definition) is 7. The number of aromatic nitrogens is 1. The average Bonchev–Trinajstić information content (AvgIpc) is 3.16. The molecule has 2 aromatic rings. The lowest BCUT2D eigenvalue weighted by Gasteiger charge is -2.20. The molecule has 1 aromatic heterocycles. The number of hydrogen-bond donors (Lipinski definition) is 2. The molecule has 8 nitrogen and oxygen atoms in total. The topological polar surface area (TPSA) is 115 Å². The number of unbranched alkanes of at least 4 members (excludes halogenated alkanes) is 3. The van der Waals surface area contributed by atoms with Gasteiger partial charge in [-0.3, -0.25) is 23.9 Å². The number of thioether (sulfide) groups is 1. The number of nitrogens with zero attached hydrogens (tertiary/aromatic N) is 3. The van der Waals surface area contributed by atoms with Crippen LogP contribution in [0.1, 0.15) is 67.7 Å². The van der Waals surface area contributed by atoms with Crippen molar-refractivity contribution in [2.75, 3.05) is 11.9 Å². The Hall–Kier alpha value is -3.42. The second-order valence-corrected chi connectivity index (χ2v) is 10.7. The number of benzene rings is 1. The molecule has 3 rings (SSSR count). The van der Waals surface area contributed by atoms with Gasteiger partial charge in [-0.25, -0.2) is 0 Å². The van der Waals surface area contributed by atoms with Crippen molar-refractivity contribution in [1.29, 1.82) is 5.26 Å². The van der Waals surface area contributed by atoms with Crippen molar-refractivity contribution < 1.29 is 14.7 Å². The van der Waals surface area contributed by atoms with Crippen molar-refractivity contribution in [2.45, 2.75) is 65.5 Å². The highest BCUT2D eigenvalue weighted by Gasteiger charge is 2.32. The molecule has 2 heterocycles. The predicted octanol–water partition coefficient (Wildman–Crippen LogP) is 5.29. The molecule has 1 saturated heterocycles. The first-order chi connectivity index (χ1) is 18.3. The predicted molar refractivity (Wildman–Crippen MR) is 155 cm³/mol. The smallest absolute Gasteiger partial charge is 0.303 e. The van der Waals surface area contributed by atoms with E-state index >= 15 is 0 Å². The summed E-state index contributed by atoms with van der Waals surface area (Å²) in [5.41, 5.74) is 1.88. The molecule has 38 heavy (non-hydrogen) atoms. The normalized spacial score (nSPS) is 14.2. The maximum absolute atomic E-state index is 13.3. The summed E-state index contributed by atoms with van der Waals surface area (Å²) in [7, 11) is 0. The number of carboxylic acids is 1. The third-order valence-electron chi connectivity index (χ3n) is 6.33. The van der Waals surface area contributed by atoms with Crippen LogP contribution >= 0.6 is 24.0 Å². The van der Waals surface area contributed by atoms with Gasteiger partial charge in [0.05, 0.1) is 4.91 Å². The van der Waals surface area contributed by atoms with E-state index in [1.807, 2.05) is 37.3 Å². The largest absolute Gasteiger partial charge is 0.481 e. The Morgan fingerprint density at radius 2 is 1.89 bits per heavy atom. The van der Waals surface area contributed by atoms with E-state index in [1.54, 1.807) is 17.6 Å². The maximum Gasteiger partial charge on any atom is 0.303 e. The fourth-order valence-electron chi connectivity index (χ4n) is 4.21. The van der Waals surface area contributed by atoms with Gasteiger partial charge in [0.25, 0.3) is 11.5 Å². The molecule has 0 bridgehead atoms. The molecule has 200 valence electrons. The molecule has 0 spiro atoms. The van der Waals surface area contributed by atoms with Crippen molar-refractivity contribution in [2.24, 2.45) is 0 Å². The summed E-state index contributed by atoms with van der Waals surface area (Å²) in [6.07, 6.45) is 5.35. The van der Waals surface area contributed by atoms with Crippen LogP contribution in [0.5, 0.6) is 0 Å². The number of carbonyl (C=O) groups is 2. The molecule has 0 aliphatic carbocycles.